The zero-order chi connectivity index (χ0) is 22.5. The van der Waals surface area contributed by atoms with Crippen molar-refractivity contribution in [3.63, 3.8) is 0 Å². The van der Waals surface area contributed by atoms with Crippen LogP contribution in [0.15, 0.2) is 48.5 Å². The summed E-state index contributed by atoms with van der Waals surface area (Å²) >= 11 is 0. The van der Waals surface area contributed by atoms with Gasteiger partial charge in [-0.05, 0) is 74.2 Å². The molecule has 2 aliphatic rings. The van der Waals surface area contributed by atoms with Gasteiger partial charge in [-0.1, -0.05) is 36.4 Å². The van der Waals surface area contributed by atoms with Gasteiger partial charge in [0.2, 0.25) is 11.8 Å². The van der Waals surface area contributed by atoms with Gasteiger partial charge >= 0.3 is 0 Å². The van der Waals surface area contributed by atoms with E-state index in [1.54, 1.807) is 0 Å². The minimum atomic E-state index is -0.0265. The van der Waals surface area contributed by atoms with Crippen molar-refractivity contribution < 1.29 is 9.59 Å². The fourth-order valence-corrected chi connectivity index (χ4v) is 4.48. The van der Waals surface area contributed by atoms with Crippen molar-refractivity contribution in [1.29, 1.82) is 0 Å². The second-order valence-corrected chi connectivity index (χ2v) is 8.83. The first-order valence-corrected chi connectivity index (χ1v) is 11.4. The van der Waals surface area contributed by atoms with E-state index in [0.717, 1.165) is 61.3 Å². The van der Waals surface area contributed by atoms with Crippen molar-refractivity contribution in [3.8, 4) is 0 Å². The molecule has 0 aromatic heterocycles. The lowest BCUT2D eigenvalue weighted by Gasteiger charge is -2.19. The maximum Gasteiger partial charge on any atom is 0.240 e. The van der Waals surface area contributed by atoms with Gasteiger partial charge in [-0.3, -0.25) is 9.59 Å². The number of nitrogens with one attached hydrogen (secondary N) is 2. The number of nitrogens with zero attached hydrogens (tertiary/aromatic N) is 2. The fraction of sp³-hybridized carbons (Fsp3) is 0.333. The van der Waals surface area contributed by atoms with Gasteiger partial charge in [-0.15, -0.1) is 0 Å². The largest absolute Gasteiger partial charge is 0.339 e. The highest BCUT2D eigenvalue weighted by atomic mass is 16.2. The number of carbonyl (C=O) groups excluding carboxylic acids is 2. The smallest absolute Gasteiger partial charge is 0.240 e. The molecular formula is C24H30B2N4O2. The van der Waals surface area contributed by atoms with Crippen LogP contribution in [0.1, 0.15) is 36.8 Å². The van der Waals surface area contributed by atoms with E-state index in [-0.39, 0.29) is 23.9 Å². The van der Waals surface area contributed by atoms with E-state index in [4.69, 9.17) is 0 Å². The lowest BCUT2D eigenvalue weighted by Crippen LogP contribution is -2.37. The van der Waals surface area contributed by atoms with Crippen LogP contribution >= 0.6 is 0 Å². The first kappa shape index (κ1) is 22.4. The van der Waals surface area contributed by atoms with Crippen LogP contribution in [0.4, 0.5) is 11.4 Å². The Kier molecular flexibility index (Phi) is 7.12. The molecular weight excluding hydrogens is 398 g/mol. The molecule has 0 spiro atoms. The second kappa shape index (κ2) is 10.2. The van der Waals surface area contributed by atoms with E-state index < -0.39 is 0 Å². The van der Waals surface area contributed by atoms with Crippen LogP contribution < -0.4 is 10.6 Å². The summed E-state index contributed by atoms with van der Waals surface area (Å²) in [6, 6.07) is 15.7. The maximum atomic E-state index is 12.4. The Morgan fingerprint density at radius 1 is 0.719 bits per heavy atom. The minimum absolute atomic E-state index is 0.0265. The van der Waals surface area contributed by atoms with Crippen LogP contribution in [0.5, 0.6) is 0 Å². The fourth-order valence-electron chi connectivity index (χ4n) is 4.48. The quantitative estimate of drug-likeness (QED) is 0.544. The van der Waals surface area contributed by atoms with E-state index in [1.165, 1.54) is 0 Å². The van der Waals surface area contributed by atoms with Crippen molar-refractivity contribution in [2.45, 2.75) is 37.8 Å². The van der Waals surface area contributed by atoms with Gasteiger partial charge in [0.1, 0.15) is 0 Å². The van der Waals surface area contributed by atoms with Gasteiger partial charge in [0, 0.05) is 11.4 Å². The molecule has 2 aromatic rings. The molecule has 2 aliphatic heterocycles. The van der Waals surface area contributed by atoms with Crippen LogP contribution in [0.3, 0.4) is 0 Å². The minimum Gasteiger partial charge on any atom is -0.339 e. The highest BCUT2D eigenvalue weighted by Gasteiger charge is 2.28. The van der Waals surface area contributed by atoms with Gasteiger partial charge in [0.05, 0.1) is 12.1 Å². The third-order valence-corrected chi connectivity index (χ3v) is 6.47. The SMILES string of the molecule is BN1CCCC1C(=O)Nc1ccc(/C=C/c2ccc(NC(=O)C3CCCN3B)cc2)cc1. The number of benzene rings is 2. The van der Waals surface area contributed by atoms with Gasteiger partial charge in [-0.25, -0.2) is 0 Å². The van der Waals surface area contributed by atoms with Gasteiger partial charge < -0.3 is 20.3 Å². The first-order chi connectivity index (χ1) is 15.5. The van der Waals surface area contributed by atoms with E-state index >= 15 is 0 Å². The average Bonchev–Trinajstić information content (AvgIpc) is 3.42. The Bertz CT molecular complexity index is 899. The predicted octanol–water partition coefficient (Wildman–Crippen LogP) is 1.76. The third kappa shape index (κ3) is 5.50. The summed E-state index contributed by atoms with van der Waals surface area (Å²) < 4.78 is 0. The summed E-state index contributed by atoms with van der Waals surface area (Å²) in [6.07, 6.45) is 8.06. The van der Waals surface area contributed by atoms with Gasteiger partial charge in [0.15, 0.2) is 16.0 Å². The number of hydrogen-bond acceptors (Lipinski definition) is 4. The topological polar surface area (TPSA) is 64.7 Å². The molecule has 2 heterocycles. The molecule has 0 bridgehead atoms. The molecule has 0 radical (unpaired) electrons. The Balaban J connectivity index is 1.30. The van der Waals surface area contributed by atoms with Crippen LogP contribution in [-0.4, -0.2) is 62.6 Å². The Hall–Kier alpha value is -2.83. The van der Waals surface area contributed by atoms with Gasteiger partial charge in [-0.2, -0.15) is 0 Å². The van der Waals surface area contributed by atoms with Crippen molar-refractivity contribution in [3.05, 3.63) is 59.7 Å². The molecule has 4 rings (SSSR count). The Morgan fingerprint density at radius 2 is 1.09 bits per heavy atom. The number of hydrogen-bond donors (Lipinski definition) is 2. The lowest BCUT2D eigenvalue weighted by molar-refractivity contribution is -0.119. The molecule has 0 saturated carbocycles. The molecule has 2 aromatic carbocycles. The zero-order valence-electron chi connectivity index (χ0n) is 18.9. The summed E-state index contributed by atoms with van der Waals surface area (Å²) in [5.41, 5.74) is 3.76. The van der Waals surface area contributed by atoms with Crippen molar-refractivity contribution in [2.24, 2.45) is 0 Å². The summed E-state index contributed by atoms with van der Waals surface area (Å²) in [4.78, 5) is 29.0. The van der Waals surface area contributed by atoms with E-state index in [9.17, 15) is 9.59 Å². The summed E-state index contributed by atoms with van der Waals surface area (Å²) in [7, 11) is 4.00. The van der Waals surface area contributed by atoms with E-state index in [1.807, 2.05) is 76.6 Å². The predicted molar refractivity (Wildman–Crippen MR) is 136 cm³/mol. The summed E-state index contributed by atoms with van der Waals surface area (Å²) in [6.45, 7) is 1.96. The number of amides is 2. The van der Waals surface area contributed by atoms with Crippen LogP contribution in [0.25, 0.3) is 12.2 Å². The summed E-state index contributed by atoms with van der Waals surface area (Å²) in [5, 5.41) is 6.04. The molecule has 32 heavy (non-hydrogen) atoms. The molecule has 164 valence electrons. The molecule has 2 fully saturated rings. The average molecular weight is 428 g/mol. The Morgan fingerprint density at radius 3 is 1.41 bits per heavy atom. The van der Waals surface area contributed by atoms with Crippen molar-refractivity contribution in [1.82, 2.24) is 9.62 Å². The van der Waals surface area contributed by atoms with E-state index in [0.29, 0.717) is 0 Å². The second-order valence-electron chi connectivity index (χ2n) is 8.83. The highest BCUT2D eigenvalue weighted by Crippen LogP contribution is 2.20. The molecule has 2 amide bonds. The summed E-state index contributed by atoms with van der Waals surface area (Å²) in [5.74, 6) is 0.139. The molecule has 2 unspecified atom stereocenters. The standard InChI is InChI=1S/C24H30B2N4O2/c25-29-15-1-3-21(29)23(31)27-19-11-7-17(8-12-19)5-6-18-9-13-20(14-10-18)28-24(32)22-4-2-16-30(22)26/h5-14,21-22H,1-4,15-16,25-26H2,(H,27,31)(H,28,32)/b6-5+. The zero-order valence-corrected chi connectivity index (χ0v) is 18.9. The maximum absolute atomic E-state index is 12.4. The van der Waals surface area contributed by atoms with Crippen molar-refractivity contribution in [2.75, 3.05) is 23.7 Å². The molecule has 6 nitrogen and oxygen atoms in total. The van der Waals surface area contributed by atoms with Crippen LogP contribution in [-0.2, 0) is 9.59 Å². The number of carbonyl (C=O) groups is 2. The van der Waals surface area contributed by atoms with Crippen LogP contribution in [0, 0.1) is 0 Å². The monoisotopic (exact) mass is 428 g/mol. The normalized spacial score (nSPS) is 21.8. The first-order valence-electron chi connectivity index (χ1n) is 11.4. The van der Waals surface area contributed by atoms with Crippen LogP contribution in [0.2, 0.25) is 0 Å². The molecule has 2 saturated heterocycles. The van der Waals surface area contributed by atoms with E-state index in [2.05, 4.69) is 20.3 Å². The highest BCUT2D eigenvalue weighted by molar-refractivity contribution is 6.09. The number of anilines is 2. The van der Waals surface area contributed by atoms with Gasteiger partial charge in [0.25, 0.3) is 0 Å². The third-order valence-electron chi connectivity index (χ3n) is 6.47. The Labute approximate surface area is 191 Å². The lowest BCUT2D eigenvalue weighted by atomic mass is 10.1. The molecule has 2 N–H and O–H groups in total. The molecule has 0 aliphatic carbocycles. The number of rotatable bonds is 6. The van der Waals surface area contributed by atoms with Crippen molar-refractivity contribution >= 4 is 51.3 Å². The molecule has 8 heteroatoms. The molecule has 2 atom stereocenters.